The van der Waals surface area contributed by atoms with E-state index in [4.69, 9.17) is 4.74 Å². The monoisotopic (exact) mass is 362 g/mol. The summed E-state index contributed by atoms with van der Waals surface area (Å²) in [6.45, 7) is 5.90. The number of halogens is 1. The van der Waals surface area contributed by atoms with Crippen LogP contribution in [0.5, 0.6) is 5.75 Å². The molecule has 1 aliphatic heterocycles. The molecule has 0 unspecified atom stereocenters. The van der Waals surface area contributed by atoms with E-state index >= 15 is 0 Å². The average molecular weight is 363 g/mol. The summed E-state index contributed by atoms with van der Waals surface area (Å²) in [5.41, 5.74) is 1.71. The van der Waals surface area contributed by atoms with Crippen molar-refractivity contribution in [2.45, 2.75) is 31.6 Å². The standard InChI is InChI=1S/C16H26N2O3S.ClH/c1-12-9-15(10-13(2)16(12)21-4)22(19,20)18-7-5-14(6-8-18)11-17-3;/h9-10,14,17H,5-8,11H2,1-4H3;1H. The maximum atomic E-state index is 12.8. The Bertz CT molecular complexity index is 603. The molecule has 1 fully saturated rings. The highest BCUT2D eigenvalue weighted by Crippen LogP contribution is 2.29. The molecular formula is C16H27ClN2O3S. The van der Waals surface area contributed by atoms with E-state index < -0.39 is 10.0 Å². The molecule has 1 N–H and O–H groups in total. The van der Waals surface area contributed by atoms with Gasteiger partial charge in [-0.05, 0) is 69.5 Å². The normalized spacial score (nSPS) is 16.9. The van der Waals surface area contributed by atoms with Gasteiger partial charge >= 0.3 is 0 Å². The molecule has 1 saturated heterocycles. The molecule has 0 spiro atoms. The summed E-state index contributed by atoms with van der Waals surface area (Å²) in [6, 6.07) is 3.42. The molecule has 0 bridgehead atoms. The number of rotatable bonds is 5. The minimum atomic E-state index is -3.41. The highest BCUT2D eigenvalue weighted by Gasteiger charge is 2.29. The number of nitrogens with one attached hydrogen (secondary N) is 1. The number of methoxy groups -OCH3 is 1. The topological polar surface area (TPSA) is 58.6 Å². The third-order valence-corrected chi connectivity index (χ3v) is 6.22. The lowest BCUT2D eigenvalue weighted by Crippen LogP contribution is -2.40. The van der Waals surface area contributed by atoms with E-state index in [-0.39, 0.29) is 12.4 Å². The molecule has 23 heavy (non-hydrogen) atoms. The molecule has 1 aliphatic rings. The second-order valence-corrected chi connectivity index (χ2v) is 7.93. The molecule has 0 amide bonds. The van der Waals surface area contributed by atoms with Crippen LogP contribution in [0.4, 0.5) is 0 Å². The SMILES string of the molecule is CNCC1CCN(S(=O)(=O)c2cc(C)c(OC)c(C)c2)CC1.Cl. The van der Waals surface area contributed by atoms with Gasteiger partial charge < -0.3 is 10.1 Å². The maximum Gasteiger partial charge on any atom is 0.243 e. The minimum absolute atomic E-state index is 0. The van der Waals surface area contributed by atoms with Crippen LogP contribution in [-0.4, -0.2) is 46.5 Å². The molecule has 0 radical (unpaired) electrons. The molecule has 0 atom stereocenters. The summed E-state index contributed by atoms with van der Waals surface area (Å²) in [5.74, 6) is 1.32. The van der Waals surface area contributed by atoms with Crippen LogP contribution in [0.15, 0.2) is 17.0 Å². The smallest absolute Gasteiger partial charge is 0.243 e. The van der Waals surface area contributed by atoms with Gasteiger partial charge in [0.1, 0.15) is 5.75 Å². The maximum absolute atomic E-state index is 12.8. The Kier molecular flexibility index (Phi) is 7.32. The van der Waals surface area contributed by atoms with Crippen molar-refractivity contribution in [1.29, 1.82) is 0 Å². The van der Waals surface area contributed by atoms with Gasteiger partial charge in [0.15, 0.2) is 0 Å². The third-order valence-electron chi connectivity index (χ3n) is 4.34. The third kappa shape index (κ3) is 4.38. The van der Waals surface area contributed by atoms with Gasteiger partial charge in [-0.25, -0.2) is 8.42 Å². The summed E-state index contributed by atoms with van der Waals surface area (Å²) in [4.78, 5) is 0.371. The average Bonchev–Trinajstić information content (AvgIpc) is 2.48. The molecule has 1 aromatic carbocycles. The molecule has 0 saturated carbocycles. The molecule has 0 aliphatic carbocycles. The van der Waals surface area contributed by atoms with E-state index in [1.165, 1.54) is 0 Å². The first-order valence-corrected chi connectivity index (χ1v) is 9.14. The number of sulfonamides is 1. The molecule has 0 aromatic heterocycles. The summed E-state index contributed by atoms with van der Waals surface area (Å²) >= 11 is 0. The van der Waals surface area contributed by atoms with E-state index in [0.29, 0.717) is 23.9 Å². The van der Waals surface area contributed by atoms with Crippen molar-refractivity contribution in [3.8, 4) is 5.75 Å². The van der Waals surface area contributed by atoms with Crippen molar-refractivity contribution < 1.29 is 13.2 Å². The van der Waals surface area contributed by atoms with Gasteiger partial charge in [0.05, 0.1) is 12.0 Å². The van der Waals surface area contributed by atoms with Gasteiger partial charge in [-0.3, -0.25) is 0 Å². The van der Waals surface area contributed by atoms with Gasteiger partial charge in [-0.1, -0.05) is 0 Å². The minimum Gasteiger partial charge on any atom is -0.496 e. The zero-order valence-electron chi connectivity index (χ0n) is 14.3. The van der Waals surface area contributed by atoms with Crippen molar-refractivity contribution in [1.82, 2.24) is 9.62 Å². The molecule has 1 heterocycles. The first-order valence-electron chi connectivity index (χ1n) is 7.70. The number of hydrogen-bond donors (Lipinski definition) is 1. The number of piperidine rings is 1. The van der Waals surface area contributed by atoms with Crippen LogP contribution in [0.3, 0.4) is 0 Å². The van der Waals surface area contributed by atoms with E-state index in [2.05, 4.69) is 5.32 Å². The van der Waals surface area contributed by atoms with Crippen molar-refractivity contribution in [2.24, 2.45) is 5.92 Å². The van der Waals surface area contributed by atoms with Gasteiger partial charge in [-0.15, -0.1) is 12.4 Å². The summed E-state index contributed by atoms with van der Waals surface area (Å²) in [7, 11) is 0.131. The number of benzene rings is 1. The highest BCUT2D eigenvalue weighted by atomic mass is 35.5. The van der Waals surface area contributed by atoms with Crippen LogP contribution in [0.1, 0.15) is 24.0 Å². The number of aryl methyl sites for hydroxylation is 2. The van der Waals surface area contributed by atoms with Crippen molar-refractivity contribution in [3.63, 3.8) is 0 Å². The largest absolute Gasteiger partial charge is 0.496 e. The molecule has 7 heteroatoms. The Morgan fingerprint density at radius 2 is 1.74 bits per heavy atom. The lowest BCUT2D eigenvalue weighted by molar-refractivity contribution is 0.270. The van der Waals surface area contributed by atoms with Crippen LogP contribution in [0.25, 0.3) is 0 Å². The van der Waals surface area contributed by atoms with Crippen LogP contribution in [-0.2, 0) is 10.0 Å². The second kappa shape index (κ2) is 8.33. The van der Waals surface area contributed by atoms with Crippen molar-refractivity contribution in [2.75, 3.05) is 33.8 Å². The quantitative estimate of drug-likeness (QED) is 0.873. The predicted molar refractivity (Wildman–Crippen MR) is 95.1 cm³/mol. The molecular weight excluding hydrogens is 336 g/mol. The van der Waals surface area contributed by atoms with Crippen LogP contribution < -0.4 is 10.1 Å². The van der Waals surface area contributed by atoms with Crippen LogP contribution in [0, 0.1) is 19.8 Å². The molecule has 1 aromatic rings. The van der Waals surface area contributed by atoms with Crippen LogP contribution in [0.2, 0.25) is 0 Å². The highest BCUT2D eigenvalue weighted by molar-refractivity contribution is 7.89. The Balaban J connectivity index is 0.00000264. The zero-order valence-corrected chi connectivity index (χ0v) is 15.9. The lowest BCUT2D eigenvalue weighted by Gasteiger charge is -2.31. The zero-order chi connectivity index (χ0) is 16.3. The summed E-state index contributed by atoms with van der Waals surface area (Å²) < 4.78 is 32.6. The number of nitrogens with zero attached hydrogens (tertiary/aromatic N) is 1. The lowest BCUT2D eigenvalue weighted by atomic mass is 9.98. The van der Waals surface area contributed by atoms with E-state index in [1.807, 2.05) is 20.9 Å². The Hall–Kier alpha value is -0.820. The van der Waals surface area contributed by atoms with E-state index in [9.17, 15) is 8.42 Å². The van der Waals surface area contributed by atoms with E-state index in [0.717, 1.165) is 36.3 Å². The van der Waals surface area contributed by atoms with Gasteiger partial charge in [-0.2, -0.15) is 4.31 Å². The predicted octanol–water partition coefficient (Wildman–Crippen LogP) is 2.35. The van der Waals surface area contributed by atoms with Gasteiger partial charge in [0, 0.05) is 13.1 Å². The molecule has 2 rings (SSSR count). The van der Waals surface area contributed by atoms with E-state index in [1.54, 1.807) is 23.5 Å². The van der Waals surface area contributed by atoms with Crippen molar-refractivity contribution >= 4 is 22.4 Å². The first kappa shape index (κ1) is 20.2. The van der Waals surface area contributed by atoms with Crippen LogP contribution >= 0.6 is 12.4 Å². The fraction of sp³-hybridized carbons (Fsp3) is 0.625. The summed E-state index contributed by atoms with van der Waals surface area (Å²) in [6.07, 6.45) is 1.82. The van der Waals surface area contributed by atoms with Crippen molar-refractivity contribution in [3.05, 3.63) is 23.3 Å². The number of ether oxygens (including phenoxy) is 1. The second-order valence-electron chi connectivity index (χ2n) is 6.00. The Morgan fingerprint density at radius 1 is 1.22 bits per heavy atom. The van der Waals surface area contributed by atoms with Gasteiger partial charge in [0.2, 0.25) is 10.0 Å². The number of hydrogen-bond acceptors (Lipinski definition) is 4. The fourth-order valence-corrected chi connectivity index (χ4v) is 4.81. The first-order chi connectivity index (χ1) is 10.4. The fourth-order valence-electron chi connectivity index (χ4n) is 3.17. The summed E-state index contributed by atoms with van der Waals surface area (Å²) in [5, 5.41) is 3.17. The molecule has 5 nitrogen and oxygen atoms in total. The van der Waals surface area contributed by atoms with Gasteiger partial charge in [0.25, 0.3) is 0 Å². The molecule has 132 valence electrons. The Morgan fingerprint density at radius 3 is 2.17 bits per heavy atom. The Labute approximate surface area is 145 Å².